The fraction of sp³-hybridized carbons (Fsp3) is 0.0909. The topological polar surface area (TPSA) is 52.3 Å². The molecule has 1 heterocycles. The van der Waals surface area contributed by atoms with Crippen LogP contribution < -0.4 is 4.74 Å². The molecule has 0 spiro atoms. The van der Waals surface area contributed by atoms with Gasteiger partial charge in [0.25, 0.3) is 0 Å². The van der Waals surface area contributed by atoms with Gasteiger partial charge in [-0.1, -0.05) is 65.8 Å². The minimum Gasteiger partial charge on any atom is -0.496 e. The molecule has 0 aliphatic rings. The fourth-order valence-corrected chi connectivity index (χ4v) is 3.21. The Morgan fingerprint density at radius 1 is 0.962 bits per heavy atom. The first-order chi connectivity index (χ1) is 12.7. The van der Waals surface area contributed by atoms with Crippen molar-refractivity contribution in [3.63, 3.8) is 0 Å². The first kappa shape index (κ1) is 16.1. The minimum absolute atomic E-state index is 0.116. The molecule has 0 N–H and O–H groups in total. The number of aryl methyl sites for hydroxylation is 1. The third-order valence-corrected chi connectivity index (χ3v) is 4.47. The van der Waals surface area contributed by atoms with Crippen molar-refractivity contribution >= 4 is 16.6 Å². The van der Waals surface area contributed by atoms with Crippen molar-refractivity contribution in [3.8, 4) is 17.0 Å². The van der Waals surface area contributed by atoms with Crippen LogP contribution in [0.5, 0.6) is 5.75 Å². The van der Waals surface area contributed by atoms with E-state index in [0.717, 1.165) is 16.3 Å². The summed E-state index contributed by atoms with van der Waals surface area (Å²) in [5, 5.41) is 6.22. The molecule has 0 radical (unpaired) electrons. The van der Waals surface area contributed by atoms with E-state index in [1.54, 1.807) is 26.2 Å². The molecule has 0 bridgehead atoms. The number of nitrogens with zero attached hydrogens (tertiary/aromatic N) is 1. The van der Waals surface area contributed by atoms with E-state index in [-0.39, 0.29) is 5.78 Å². The number of ether oxygens (including phenoxy) is 1. The van der Waals surface area contributed by atoms with Gasteiger partial charge in [-0.05, 0) is 23.8 Å². The normalized spacial score (nSPS) is 10.8. The maximum absolute atomic E-state index is 13.1. The van der Waals surface area contributed by atoms with Gasteiger partial charge in [0.1, 0.15) is 17.2 Å². The Balaban J connectivity index is 1.99. The van der Waals surface area contributed by atoms with E-state index in [4.69, 9.17) is 9.26 Å². The van der Waals surface area contributed by atoms with Gasteiger partial charge >= 0.3 is 0 Å². The predicted molar refractivity (Wildman–Crippen MR) is 101 cm³/mol. The summed E-state index contributed by atoms with van der Waals surface area (Å²) < 4.78 is 11.0. The SMILES string of the molecule is COc1ccc2ccccc2c1-c1noc(C)c1C(=O)c1ccccc1. The number of rotatable bonds is 4. The van der Waals surface area contributed by atoms with Crippen LogP contribution in [-0.4, -0.2) is 18.0 Å². The molecule has 0 amide bonds. The number of hydrogen-bond donors (Lipinski definition) is 0. The lowest BCUT2D eigenvalue weighted by Gasteiger charge is -2.11. The lowest BCUT2D eigenvalue weighted by Crippen LogP contribution is -2.04. The summed E-state index contributed by atoms with van der Waals surface area (Å²) in [7, 11) is 1.61. The molecular weight excluding hydrogens is 326 g/mol. The molecule has 4 rings (SSSR count). The molecule has 4 aromatic rings. The first-order valence-corrected chi connectivity index (χ1v) is 8.33. The molecule has 0 saturated heterocycles. The van der Waals surface area contributed by atoms with E-state index in [1.807, 2.05) is 54.6 Å². The van der Waals surface area contributed by atoms with Crippen molar-refractivity contribution in [1.29, 1.82) is 0 Å². The van der Waals surface area contributed by atoms with Crippen molar-refractivity contribution in [2.24, 2.45) is 0 Å². The zero-order chi connectivity index (χ0) is 18.1. The summed E-state index contributed by atoms with van der Waals surface area (Å²) in [5.41, 5.74) is 2.33. The number of fused-ring (bicyclic) bond motifs is 1. The highest BCUT2D eigenvalue weighted by Crippen LogP contribution is 2.39. The second-order valence-electron chi connectivity index (χ2n) is 6.02. The standard InChI is InChI=1S/C22H17NO3/c1-14-19(22(24)16-9-4-3-5-10-16)21(23-26-14)20-17-11-7-6-8-15(17)12-13-18(20)25-2/h3-13H,1-2H3. The van der Waals surface area contributed by atoms with Crippen LogP contribution >= 0.6 is 0 Å². The Morgan fingerprint density at radius 2 is 1.69 bits per heavy atom. The fourth-order valence-electron chi connectivity index (χ4n) is 3.21. The second-order valence-corrected chi connectivity index (χ2v) is 6.02. The van der Waals surface area contributed by atoms with Crippen LogP contribution in [0.3, 0.4) is 0 Å². The Bertz CT molecular complexity index is 1100. The zero-order valence-electron chi connectivity index (χ0n) is 14.5. The average molecular weight is 343 g/mol. The summed E-state index contributed by atoms with van der Waals surface area (Å²) in [4.78, 5) is 13.1. The van der Waals surface area contributed by atoms with Crippen molar-refractivity contribution < 1.29 is 14.1 Å². The first-order valence-electron chi connectivity index (χ1n) is 8.33. The number of ketones is 1. The van der Waals surface area contributed by atoms with Crippen molar-refractivity contribution in [2.75, 3.05) is 7.11 Å². The molecule has 26 heavy (non-hydrogen) atoms. The maximum atomic E-state index is 13.1. The van der Waals surface area contributed by atoms with E-state index < -0.39 is 0 Å². The third-order valence-electron chi connectivity index (χ3n) is 4.47. The minimum atomic E-state index is -0.116. The Hall–Kier alpha value is -3.40. The van der Waals surface area contributed by atoms with Gasteiger partial charge in [-0.25, -0.2) is 0 Å². The second kappa shape index (κ2) is 6.48. The van der Waals surface area contributed by atoms with Crippen molar-refractivity contribution in [1.82, 2.24) is 5.16 Å². The number of hydrogen-bond acceptors (Lipinski definition) is 4. The van der Waals surface area contributed by atoms with Crippen LogP contribution in [0.2, 0.25) is 0 Å². The Morgan fingerprint density at radius 3 is 2.46 bits per heavy atom. The highest BCUT2D eigenvalue weighted by atomic mass is 16.5. The molecule has 0 unspecified atom stereocenters. The largest absolute Gasteiger partial charge is 0.496 e. The smallest absolute Gasteiger partial charge is 0.198 e. The summed E-state index contributed by atoms with van der Waals surface area (Å²) >= 11 is 0. The van der Waals surface area contributed by atoms with Crippen LogP contribution in [0.4, 0.5) is 0 Å². The summed E-state index contributed by atoms with van der Waals surface area (Å²) in [6, 6.07) is 21.0. The highest BCUT2D eigenvalue weighted by molar-refractivity contribution is 6.15. The molecule has 4 nitrogen and oxygen atoms in total. The molecule has 3 aromatic carbocycles. The van der Waals surface area contributed by atoms with Crippen molar-refractivity contribution in [2.45, 2.75) is 6.92 Å². The lowest BCUT2D eigenvalue weighted by atomic mass is 9.94. The van der Waals surface area contributed by atoms with E-state index in [2.05, 4.69) is 5.16 Å². The van der Waals surface area contributed by atoms with Gasteiger partial charge in [-0.15, -0.1) is 0 Å². The van der Waals surface area contributed by atoms with E-state index in [1.165, 1.54) is 0 Å². The molecule has 0 fully saturated rings. The summed E-state index contributed by atoms with van der Waals surface area (Å²) in [5.74, 6) is 1.03. The molecule has 128 valence electrons. The molecule has 4 heteroatoms. The van der Waals surface area contributed by atoms with Gasteiger partial charge < -0.3 is 9.26 Å². The van der Waals surface area contributed by atoms with Gasteiger partial charge in [0.2, 0.25) is 0 Å². The Labute approximate surface area is 151 Å². The van der Waals surface area contributed by atoms with Crippen LogP contribution in [0.1, 0.15) is 21.7 Å². The number of carbonyl (C=O) groups excluding carboxylic acids is 1. The number of carbonyl (C=O) groups is 1. The monoisotopic (exact) mass is 343 g/mol. The van der Waals surface area contributed by atoms with Gasteiger partial charge in [-0.3, -0.25) is 4.79 Å². The average Bonchev–Trinajstić information content (AvgIpc) is 3.08. The number of benzene rings is 3. The molecule has 0 saturated carbocycles. The maximum Gasteiger partial charge on any atom is 0.198 e. The quantitative estimate of drug-likeness (QED) is 0.487. The molecule has 0 atom stereocenters. The number of aromatic nitrogens is 1. The molecular formula is C22H17NO3. The van der Waals surface area contributed by atoms with Crippen LogP contribution in [0.15, 0.2) is 71.3 Å². The van der Waals surface area contributed by atoms with E-state index in [0.29, 0.717) is 28.3 Å². The van der Waals surface area contributed by atoms with Crippen LogP contribution in [0, 0.1) is 6.92 Å². The Kier molecular flexibility index (Phi) is 4.01. The molecule has 0 aliphatic heterocycles. The third kappa shape index (κ3) is 2.56. The van der Waals surface area contributed by atoms with Crippen LogP contribution in [0.25, 0.3) is 22.0 Å². The van der Waals surface area contributed by atoms with Gasteiger partial charge in [0.15, 0.2) is 5.78 Å². The summed E-state index contributed by atoms with van der Waals surface area (Å²) in [6.07, 6.45) is 0. The van der Waals surface area contributed by atoms with Crippen molar-refractivity contribution in [3.05, 3.63) is 83.6 Å². The predicted octanol–water partition coefficient (Wildman–Crippen LogP) is 5.04. The molecule has 1 aromatic heterocycles. The molecule has 0 aliphatic carbocycles. The highest BCUT2D eigenvalue weighted by Gasteiger charge is 2.26. The van der Waals surface area contributed by atoms with E-state index >= 15 is 0 Å². The zero-order valence-corrected chi connectivity index (χ0v) is 14.5. The van der Waals surface area contributed by atoms with Gasteiger partial charge in [0, 0.05) is 5.56 Å². The van der Waals surface area contributed by atoms with Gasteiger partial charge in [-0.2, -0.15) is 0 Å². The summed E-state index contributed by atoms with van der Waals surface area (Å²) in [6.45, 7) is 1.75. The van der Waals surface area contributed by atoms with E-state index in [9.17, 15) is 4.79 Å². The van der Waals surface area contributed by atoms with Crippen LogP contribution in [-0.2, 0) is 0 Å². The lowest BCUT2D eigenvalue weighted by molar-refractivity contribution is 0.103. The number of methoxy groups -OCH3 is 1. The van der Waals surface area contributed by atoms with Gasteiger partial charge in [0.05, 0.1) is 18.2 Å².